The number of rotatable bonds is 7. The summed E-state index contributed by atoms with van der Waals surface area (Å²) in [5.74, 6) is -1.70. The number of likely N-dealkylation sites (tertiary alicyclic amines) is 1. The van der Waals surface area contributed by atoms with Crippen molar-refractivity contribution < 1.29 is 18.8 Å². The third-order valence-electron chi connectivity index (χ3n) is 6.28. The second-order valence-electron chi connectivity index (χ2n) is 8.66. The molecular formula is C27H28FN5O3. The summed E-state index contributed by atoms with van der Waals surface area (Å²) < 4.78 is 13.5. The third-order valence-corrected chi connectivity index (χ3v) is 6.28. The quantitative estimate of drug-likeness (QED) is 0.526. The van der Waals surface area contributed by atoms with Crippen molar-refractivity contribution in [3.63, 3.8) is 0 Å². The first-order valence-corrected chi connectivity index (χ1v) is 12.0. The van der Waals surface area contributed by atoms with Crippen molar-refractivity contribution in [3.8, 4) is 0 Å². The van der Waals surface area contributed by atoms with Crippen molar-refractivity contribution in [2.45, 2.75) is 38.1 Å². The Morgan fingerprint density at radius 3 is 2.42 bits per heavy atom. The maximum absolute atomic E-state index is 13.5. The number of halogens is 1. The van der Waals surface area contributed by atoms with E-state index in [1.807, 2.05) is 42.2 Å². The molecule has 0 saturated carbocycles. The van der Waals surface area contributed by atoms with E-state index in [4.69, 9.17) is 0 Å². The number of hydrogen-bond acceptors (Lipinski definition) is 5. The van der Waals surface area contributed by atoms with E-state index in [1.54, 1.807) is 0 Å². The molecular weight excluding hydrogens is 461 g/mol. The van der Waals surface area contributed by atoms with Crippen LogP contribution in [-0.4, -0.2) is 51.7 Å². The summed E-state index contributed by atoms with van der Waals surface area (Å²) in [5.41, 5.74) is 1.08. The predicted octanol–water partition coefficient (Wildman–Crippen LogP) is 3.78. The molecule has 0 aliphatic carbocycles. The van der Waals surface area contributed by atoms with Crippen LogP contribution in [0.5, 0.6) is 0 Å². The monoisotopic (exact) mass is 489 g/mol. The number of carbonyl (C=O) groups excluding carboxylic acids is 3. The molecule has 8 nitrogen and oxygen atoms in total. The number of amides is 3. The molecule has 1 atom stereocenters. The molecule has 2 heterocycles. The number of hydrogen-bond donors (Lipinski definition) is 2. The number of aromatic nitrogens is 2. The third kappa shape index (κ3) is 5.91. The molecule has 2 aromatic carbocycles. The van der Waals surface area contributed by atoms with Crippen LogP contribution in [0.3, 0.4) is 0 Å². The molecule has 0 bridgehead atoms. The molecule has 186 valence electrons. The summed E-state index contributed by atoms with van der Waals surface area (Å²) in [7, 11) is 0. The molecule has 1 saturated heterocycles. The van der Waals surface area contributed by atoms with Gasteiger partial charge in [0.05, 0.1) is 5.92 Å². The highest BCUT2D eigenvalue weighted by Gasteiger charge is 2.29. The lowest BCUT2D eigenvalue weighted by Crippen LogP contribution is -2.48. The van der Waals surface area contributed by atoms with Crippen LogP contribution >= 0.6 is 0 Å². The molecule has 0 spiro atoms. The van der Waals surface area contributed by atoms with Crippen molar-refractivity contribution in [1.29, 1.82) is 0 Å². The molecule has 1 fully saturated rings. The van der Waals surface area contributed by atoms with Gasteiger partial charge in [0.25, 0.3) is 11.8 Å². The van der Waals surface area contributed by atoms with Gasteiger partial charge in [0.1, 0.15) is 5.82 Å². The second-order valence-corrected chi connectivity index (χ2v) is 8.66. The number of anilines is 1. The van der Waals surface area contributed by atoms with Crippen molar-refractivity contribution in [2.24, 2.45) is 0 Å². The fourth-order valence-corrected chi connectivity index (χ4v) is 4.36. The summed E-state index contributed by atoms with van der Waals surface area (Å²) in [6, 6.07) is 14.8. The zero-order chi connectivity index (χ0) is 25.5. The highest BCUT2D eigenvalue weighted by Crippen LogP contribution is 2.24. The number of nitrogens with one attached hydrogen (secondary N) is 2. The van der Waals surface area contributed by atoms with Crippen LogP contribution in [-0.2, 0) is 4.79 Å². The van der Waals surface area contributed by atoms with Crippen LogP contribution in [0, 0.1) is 5.82 Å². The largest absolute Gasteiger partial charge is 0.348 e. The van der Waals surface area contributed by atoms with Crippen molar-refractivity contribution in [1.82, 2.24) is 20.2 Å². The standard InChI is InChI=1S/C27H28FN5O3/c1-2-22(18-7-4-3-5-8-18)27(36)33-15-11-21(12-16-33)31-26(35)23-24(30-14-13-29-23)32-25(34)19-9-6-10-20(28)17-19/h3-10,13-14,17,21-22H,2,11-12,15-16H2,1H3,(H,31,35)(H,30,32,34). The maximum Gasteiger partial charge on any atom is 0.273 e. The van der Waals surface area contributed by atoms with E-state index in [1.165, 1.54) is 30.6 Å². The fourth-order valence-electron chi connectivity index (χ4n) is 4.36. The minimum Gasteiger partial charge on any atom is -0.348 e. The highest BCUT2D eigenvalue weighted by atomic mass is 19.1. The van der Waals surface area contributed by atoms with Gasteiger partial charge < -0.3 is 15.5 Å². The Morgan fingerprint density at radius 1 is 1.00 bits per heavy atom. The van der Waals surface area contributed by atoms with E-state index in [9.17, 15) is 18.8 Å². The SMILES string of the molecule is CCC(C(=O)N1CCC(NC(=O)c2nccnc2NC(=O)c2cccc(F)c2)CC1)c1ccccc1. The Morgan fingerprint density at radius 2 is 1.72 bits per heavy atom. The second kappa shape index (κ2) is 11.5. The average molecular weight is 490 g/mol. The predicted molar refractivity (Wildman–Crippen MR) is 133 cm³/mol. The molecule has 1 aliphatic rings. The highest BCUT2D eigenvalue weighted by molar-refractivity contribution is 6.07. The first kappa shape index (κ1) is 25.0. The van der Waals surface area contributed by atoms with Gasteiger partial charge in [-0.1, -0.05) is 43.3 Å². The lowest BCUT2D eigenvalue weighted by Gasteiger charge is -2.34. The van der Waals surface area contributed by atoms with E-state index in [-0.39, 0.29) is 34.9 Å². The van der Waals surface area contributed by atoms with Gasteiger partial charge >= 0.3 is 0 Å². The molecule has 3 aromatic rings. The Labute approximate surface area is 209 Å². The maximum atomic E-state index is 13.5. The van der Waals surface area contributed by atoms with E-state index >= 15 is 0 Å². The van der Waals surface area contributed by atoms with E-state index in [0.29, 0.717) is 25.9 Å². The Bertz CT molecular complexity index is 1230. The van der Waals surface area contributed by atoms with Gasteiger partial charge in [-0.2, -0.15) is 0 Å². The van der Waals surface area contributed by atoms with Crippen LogP contribution in [0.1, 0.15) is 58.5 Å². The number of nitrogens with zero attached hydrogens (tertiary/aromatic N) is 3. The van der Waals surface area contributed by atoms with Crippen LogP contribution in [0.25, 0.3) is 0 Å². The first-order valence-electron chi connectivity index (χ1n) is 12.0. The van der Waals surface area contributed by atoms with Crippen molar-refractivity contribution in [2.75, 3.05) is 18.4 Å². The smallest absolute Gasteiger partial charge is 0.273 e. The van der Waals surface area contributed by atoms with E-state index in [0.717, 1.165) is 18.1 Å². The van der Waals surface area contributed by atoms with Crippen LogP contribution in [0.2, 0.25) is 0 Å². The van der Waals surface area contributed by atoms with Crippen LogP contribution in [0.4, 0.5) is 10.2 Å². The van der Waals surface area contributed by atoms with Crippen molar-refractivity contribution in [3.05, 3.63) is 89.6 Å². The van der Waals surface area contributed by atoms with E-state index in [2.05, 4.69) is 20.6 Å². The lowest BCUT2D eigenvalue weighted by atomic mass is 9.93. The zero-order valence-electron chi connectivity index (χ0n) is 20.0. The average Bonchev–Trinajstić information content (AvgIpc) is 2.90. The number of carbonyl (C=O) groups is 3. The molecule has 1 unspecified atom stereocenters. The normalized spacial score (nSPS) is 14.7. The molecule has 1 aromatic heterocycles. The molecule has 3 amide bonds. The first-order chi connectivity index (χ1) is 17.5. The zero-order valence-corrected chi connectivity index (χ0v) is 20.0. The lowest BCUT2D eigenvalue weighted by molar-refractivity contribution is -0.134. The van der Waals surface area contributed by atoms with Gasteiger partial charge in [-0.25, -0.2) is 14.4 Å². The molecule has 9 heteroatoms. The Balaban J connectivity index is 1.35. The molecule has 2 N–H and O–H groups in total. The van der Waals surface area contributed by atoms with Gasteiger partial charge in [-0.05, 0) is 43.0 Å². The van der Waals surface area contributed by atoms with Gasteiger partial charge in [0.15, 0.2) is 11.5 Å². The molecule has 4 rings (SSSR count). The number of piperidine rings is 1. The summed E-state index contributed by atoms with van der Waals surface area (Å²) in [6.07, 6.45) is 4.65. The van der Waals surface area contributed by atoms with Crippen LogP contribution in [0.15, 0.2) is 67.0 Å². The fraction of sp³-hybridized carbons (Fsp3) is 0.296. The minimum atomic E-state index is -0.597. The summed E-state index contributed by atoms with van der Waals surface area (Å²) in [5, 5.41) is 5.48. The Kier molecular flexibility index (Phi) is 7.99. The van der Waals surface area contributed by atoms with Crippen molar-refractivity contribution >= 4 is 23.5 Å². The van der Waals surface area contributed by atoms with Gasteiger partial charge in [-0.3, -0.25) is 14.4 Å². The van der Waals surface area contributed by atoms with Gasteiger partial charge in [0, 0.05) is 37.1 Å². The summed E-state index contributed by atoms with van der Waals surface area (Å²) >= 11 is 0. The summed E-state index contributed by atoms with van der Waals surface area (Å²) in [6.45, 7) is 3.08. The summed E-state index contributed by atoms with van der Waals surface area (Å²) in [4.78, 5) is 48.6. The molecule has 0 radical (unpaired) electrons. The molecule has 36 heavy (non-hydrogen) atoms. The van der Waals surface area contributed by atoms with Gasteiger partial charge in [-0.15, -0.1) is 0 Å². The van der Waals surface area contributed by atoms with E-state index < -0.39 is 17.6 Å². The minimum absolute atomic E-state index is 0.00877. The topological polar surface area (TPSA) is 104 Å². The Hall–Kier alpha value is -4.14. The number of benzene rings is 2. The molecule has 1 aliphatic heterocycles. The van der Waals surface area contributed by atoms with Crippen LogP contribution < -0.4 is 10.6 Å². The van der Waals surface area contributed by atoms with Gasteiger partial charge in [0.2, 0.25) is 5.91 Å².